The van der Waals surface area contributed by atoms with Gasteiger partial charge in [0.1, 0.15) is 17.0 Å². The molecule has 0 unspecified atom stereocenters. The number of hydrogen-bond acceptors (Lipinski definition) is 5. The van der Waals surface area contributed by atoms with Gasteiger partial charge in [-0.25, -0.2) is 19.3 Å². The molecule has 0 aliphatic carbocycles. The normalized spacial score (nSPS) is 11.6. The van der Waals surface area contributed by atoms with Crippen LogP contribution in [-0.4, -0.2) is 15.0 Å². The molecule has 0 fully saturated rings. The monoisotopic (exact) mass is 693 g/mol. The standard InChI is InChI=1S/C45H29FN3O2P/c46-34-24-20-32(21-25-34)44-47-43(31-12-4-1-5-13-31)48-45(49-44)33-28-39(42-40(29-33)38-18-10-11-19-41(38)51-42)30-22-26-37(27-23-30)52(50,35-14-6-2-7-15-35)36-16-8-3-9-17-36/h1-29H. The molecular formula is C45H29FN3O2P. The highest BCUT2D eigenvalue weighted by atomic mass is 31.2. The molecule has 5 nitrogen and oxygen atoms in total. The minimum Gasteiger partial charge on any atom is -0.455 e. The number of benzene rings is 7. The number of hydrogen-bond donors (Lipinski definition) is 0. The first-order valence-corrected chi connectivity index (χ1v) is 18.6. The van der Waals surface area contributed by atoms with Crippen LogP contribution in [0, 0.1) is 5.82 Å². The minimum atomic E-state index is -3.16. The lowest BCUT2D eigenvalue weighted by atomic mass is 9.98. The summed E-state index contributed by atoms with van der Waals surface area (Å²) in [5.41, 5.74) is 5.49. The van der Waals surface area contributed by atoms with E-state index in [1.807, 2.05) is 146 Å². The number of halogens is 1. The van der Waals surface area contributed by atoms with Crippen LogP contribution in [0.25, 0.3) is 67.2 Å². The fraction of sp³-hybridized carbons (Fsp3) is 0. The van der Waals surface area contributed by atoms with Gasteiger partial charge in [0.2, 0.25) is 0 Å². The zero-order valence-corrected chi connectivity index (χ0v) is 28.6. The van der Waals surface area contributed by atoms with Gasteiger partial charge in [0.15, 0.2) is 24.6 Å². The summed E-state index contributed by atoms with van der Waals surface area (Å²) in [4.78, 5) is 14.7. The van der Waals surface area contributed by atoms with Crippen LogP contribution in [0.4, 0.5) is 4.39 Å². The Morgan fingerprint density at radius 2 is 0.923 bits per heavy atom. The molecule has 248 valence electrons. The van der Waals surface area contributed by atoms with Crippen molar-refractivity contribution in [3.05, 3.63) is 182 Å². The third kappa shape index (κ3) is 5.60. The van der Waals surface area contributed by atoms with Gasteiger partial charge >= 0.3 is 0 Å². The smallest absolute Gasteiger partial charge is 0.171 e. The summed E-state index contributed by atoms with van der Waals surface area (Å²) in [6.45, 7) is 0. The van der Waals surface area contributed by atoms with Crippen molar-refractivity contribution in [2.24, 2.45) is 0 Å². The maximum absolute atomic E-state index is 15.1. The Hall–Kier alpha value is -6.49. The molecule has 52 heavy (non-hydrogen) atoms. The van der Waals surface area contributed by atoms with Crippen molar-refractivity contribution in [2.75, 3.05) is 0 Å². The van der Waals surface area contributed by atoms with Gasteiger partial charge in [-0.2, -0.15) is 0 Å². The van der Waals surface area contributed by atoms with E-state index >= 15 is 4.57 Å². The van der Waals surface area contributed by atoms with Crippen LogP contribution in [0.1, 0.15) is 0 Å². The third-order valence-corrected chi connectivity index (χ3v) is 12.4. The SMILES string of the molecule is O=P(c1ccccc1)(c1ccccc1)c1ccc(-c2cc(-c3nc(-c4ccccc4)nc(-c4ccc(F)cc4)n3)cc3c2oc2ccccc23)cc1. The van der Waals surface area contributed by atoms with Crippen LogP contribution in [0.3, 0.4) is 0 Å². The molecule has 0 saturated heterocycles. The summed E-state index contributed by atoms with van der Waals surface area (Å²) in [6, 6.07) is 55.2. The van der Waals surface area contributed by atoms with Crippen LogP contribution in [0.2, 0.25) is 0 Å². The Kier molecular flexibility index (Phi) is 7.87. The second-order valence-electron chi connectivity index (χ2n) is 12.5. The van der Waals surface area contributed by atoms with Crippen LogP contribution < -0.4 is 15.9 Å². The molecular weight excluding hydrogens is 664 g/mol. The molecule has 7 aromatic carbocycles. The Morgan fingerprint density at radius 1 is 0.442 bits per heavy atom. The largest absolute Gasteiger partial charge is 0.455 e. The van der Waals surface area contributed by atoms with Gasteiger partial charge in [-0.05, 0) is 48.0 Å². The van der Waals surface area contributed by atoms with Gasteiger partial charge < -0.3 is 8.98 Å². The lowest BCUT2D eigenvalue weighted by molar-refractivity contribution is 0.592. The van der Waals surface area contributed by atoms with Gasteiger partial charge in [0, 0.05) is 48.9 Å². The number of furan rings is 1. The molecule has 0 N–H and O–H groups in total. The number of nitrogens with zero attached hydrogens (tertiary/aromatic N) is 3. The predicted molar refractivity (Wildman–Crippen MR) is 208 cm³/mol. The van der Waals surface area contributed by atoms with Crippen molar-refractivity contribution in [3.63, 3.8) is 0 Å². The van der Waals surface area contributed by atoms with Crippen LogP contribution in [0.5, 0.6) is 0 Å². The van der Waals surface area contributed by atoms with Crippen molar-refractivity contribution in [2.45, 2.75) is 0 Å². The van der Waals surface area contributed by atoms with Crippen molar-refractivity contribution >= 4 is 45.0 Å². The van der Waals surface area contributed by atoms with E-state index in [1.54, 1.807) is 12.1 Å². The Morgan fingerprint density at radius 3 is 1.54 bits per heavy atom. The first-order chi connectivity index (χ1) is 25.5. The summed E-state index contributed by atoms with van der Waals surface area (Å²) in [5, 5.41) is 4.16. The number of para-hydroxylation sites is 1. The summed E-state index contributed by atoms with van der Waals surface area (Å²) < 4.78 is 35.5. The van der Waals surface area contributed by atoms with Gasteiger partial charge in [-0.1, -0.05) is 133 Å². The van der Waals surface area contributed by atoms with Gasteiger partial charge in [0.05, 0.1) is 0 Å². The van der Waals surface area contributed by atoms with Crippen molar-refractivity contribution < 1.29 is 13.4 Å². The highest BCUT2D eigenvalue weighted by Crippen LogP contribution is 2.44. The van der Waals surface area contributed by atoms with E-state index in [4.69, 9.17) is 19.4 Å². The molecule has 0 bridgehead atoms. The van der Waals surface area contributed by atoms with Gasteiger partial charge in [-0.3, -0.25) is 0 Å². The molecule has 7 heteroatoms. The van der Waals surface area contributed by atoms with Crippen molar-refractivity contribution in [3.8, 4) is 45.3 Å². The average molecular weight is 694 g/mol. The molecule has 0 spiro atoms. The van der Waals surface area contributed by atoms with E-state index in [9.17, 15) is 4.39 Å². The van der Waals surface area contributed by atoms with E-state index in [1.165, 1.54) is 12.1 Å². The van der Waals surface area contributed by atoms with Crippen molar-refractivity contribution in [1.82, 2.24) is 15.0 Å². The Bertz CT molecular complexity index is 2710. The van der Waals surface area contributed by atoms with Crippen LogP contribution >= 0.6 is 7.14 Å². The summed E-state index contributed by atoms with van der Waals surface area (Å²) in [5.74, 6) is 1.07. The number of fused-ring (bicyclic) bond motifs is 3. The van der Waals surface area contributed by atoms with Gasteiger partial charge in [-0.15, -0.1) is 0 Å². The summed E-state index contributed by atoms with van der Waals surface area (Å²) >= 11 is 0. The van der Waals surface area contributed by atoms with Crippen molar-refractivity contribution in [1.29, 1.82) is 0 Å². The van der Waals surface area contributed by atoms with E-state index in [2.05, 4.69) is 6.07 Å². The minimum absolute atomic E-state index is 0.335. The van der Waals surface area contributed by atoms with E-state index in [-0.39, 0.29) is 5.82 Å². The average Bonchev–Trinajstić information content (AvgIpc) is 3.60. The molecule has 0 atom stereocenters. The number of aromatic nitrogens is 3. The summed E-state index contributed by atoms with van der Waals surface area (Å²) in [6.07, 6.45) is 0. The molecule has 9 rings (SSSR count). The highest BCUT2D eigenvalue weighted by Gasteiger charge is 2.29. The quantitative estimate of drug-likeness (QED) is 0.156. The highest BCUT2D eigenvalue weighted by molar-refractivity contribution is 7.85. The van der Waals surface area contributed by atoms with Crippen LogP contribution in [-0.2, 0) is 4.57 Å². The topological polar surface area (TPSA) is 68.9 Å². The second-order valence-corrected chi connectivity index (χ2v) is 15.3. The Labute approximate surface area is 299 Å². The molecule has 0 radical (unpaired) electrons. The summed E-state index contributed by atoms with van der Waals surface area (Å²) in [7, 11) is -3.16. The molecule has 2 aromatic heterocycles. The maximum atomic E-state index is 15.1. The first kappa shape index (κ1) is 31.5. The predicted octanol–water partition coefficient (Wildman–Crippen LogP) is 10.2. The van der Waals surface area contributed by atoms with Crippen LogP contribution in [0.15, 0.2) is 180 Å². The van der Waals surface area contributed by atoms with E-state index in [0.29, 0.717) is 23.0 Å². The fourth-order valence-corrected chi connectivity index (χ4v) is 9.34. The van der Waals surface area contributed by atoms with E-state index in [0.717, 1.165) is 60.1 Å². The molecule has 0 amide bonds. The fourth-order valence-electron chi connectivity index (χ4n) is 6.69. The van der Waals surface area contributed by atoms with Gasteiger partial charge in [0.25, 0.3) is 0 Å². The second kappa shape index (κ2) is 13.0. The first-order valence-electron chi connectivity index (χ1n) is 16.9. The molecule has 2 heterocycles. The Balaban J connectivity index is 1.24. The zero-order valence-electron chi connectivity index (χ0n) is 27.7. The van der Waals surface area contributed by atoms with E-state index < -0.39 is 7.14 Å². The molecule has 0 saturated carbocycles. The lowest BCUT2D eigenvalue weighted by Crippen LogP contribution is -2.24. The molecule has 0 aliphatic rings. The molecule has 9 aromatic rings. The zero-order chi connectivity index (χ0) is 35.1. The third-order valence-electron chi connectivity index (χ3n) is 9.29. The number of rotatable bonds is 7. The lowest BCUT2D eigenvalue weighted by Gasteiger charge is -2.20. The maximum Gasteiger partial charge on any atom is 0.171 e. The molecule has 0 aliphatic heterocycles.